The molecule has 0 saturated carbocycles. The molecular weight excluding hydrogens is 286 g/mol. The van der Waals surface area contributed by atoms with Gasteiger partial charge in [0.25, 0.3) is 0 Å². The zero-order chi connectivity index (χ0) is 17.1. The number of ether oxygens (including phenoxy) is 2. The minimum absolute atomic E-state index is 0.119. The molecule has 1 rings (SSSR count). The molecule has 0 radical (unpaired) electrons. The van der Waals surface area contributed by atoms with Gasteiger partial charge in [0.2, 0.25) is 0 Å². The molecular formula is C16H25NO5. The van der Waals surface area contributed by atoms with Crippen LogP contribution in [0.4, 0.5) is 0 Å². The lowest BCUT2D eigenvalue weighted by Crippen LogP contribution is -2.27. The number of phenolic OH excluding ortho intramolecular Hbond substituents is 1. The number of methoxy groups -OCH3 is 1. The van der Waals surface area contributed by atoms with E-state index in [1.54, 1.807) is 7.11 Å². The van der Waals surface area contributed by atoms with Gasteiger partial charge in [-0.1, -0.05) is 13.8 Å². The van der Waals surface area contributed by atoms with Crippen molar-refractivity contribution in [1.29, 1.82) is 0 Å². The number of hydrogen-bond acceptors (Lipinski definition) is 6. The van der Waals surface area contributed by atoms with Gasteiger partial charge in [-0.2, -0.15) is 0 Å². The fraction of sp³-hybridized carbons (Fsp3) is 0.500. The monoisotopic (exact) mass is 311 g/mol. The summed E-state index contributed by atoms with van der Waals surface area (Å²) in [5.41, 5.74) is 5.66. The number of carbonyl (C=O) groups excluding carboxylic acids is 2. The van der Waals surface area contributed by atoms with E-state index < -0.39 is 5.97 Å². The van der Waals surface area contributed by atoms with E-state index in [-0.39, 0.29) is 30.4 Å². The van der Waals surface area contributed by atoms with Gasteiger partial charge in [-0.3, -0.25) is 0 Å². The van der Waals surface area contributed by atoms with E-state index >= 15 is 0 Å². The Labute approximate surface area is 131 Å². The quantitative estimate of drug-likeness (QED) is 0.613. The van der Waals surface area contributed by atoms with Gasteiger partial charge in [-0.05, 0) is 37.1 Å². The smallest absolute Gasteiger partial charge is 0.338 e. The third-order valence-corrected chi connectivity index (χ3v) is 2.88. The van der Waals surface area contributed by atoms with Crippen molar-refractivity contribution in [3.8, 4) is 5.75 Å². The predicted octanol–water partition coefficient (Wildman–Crippen LogP) is 1.75. The van der Waals surface area contributed by atoms with Crippen LogP contribution in [0.1, 0.15) is 31.1 Å². The molecule has 2 atom stereocenters. The fourth-order valence-electron chi connectivity index (χ4n) is 1.10. The Morgan fingerprint density at radius 1 is 1.27 bits per heavy atom. The van der Waals surface area contributed by atoms with Gasteiger partial charge >= 0.3 is 5.97 Å². The maximum absolute atomic E-state index is 11.4. The molecule has 0 amide bonds. The van der Waals surface area contributed by atoms with E-state index in [1.807, 2.05) is 20.8 Å². The molecule has 0 bridgehead atoms. The highest BCUT2D eigenvalue weighted by Crippen LogP contribution is 2.10. The highest BCUT2D eigenvalue weighted by atomic mass is 16.6. The minimum Gasteiger partial charge on any atom is -0.508 e. The minimum atomic E-state index is -0.418. The Balaban J connectivity index is 0.000000534. The van der Waals surface area contributed by atoms with Crippen molar-refractivity contribution in [3.05, 3.63) is 29.8 Å². The summed E-state index contributed by atoms with van der Waals surface area (Å²) in [5, 5.41) is 9.02. The Kier molecular flexibility index (Phi) is 9.82. The summed E-state index contributed by atoms with van der Waals surface area (Å²) < 4.78 is 9.91. The molecule has 0 fully saturated rings. The summed E-state index contributed by atoms with van der Waals surface area (Å²) in [6, 6.07) is 5.62. The highest BCUT2D eigenvalue weighted by Gasteiger charge is 2.08. The van der Waals surface area contributed by atoms with E-state index in [4.69, 9.17) is 20.3 Å². The summed E-state index contributed by atoms with van der Waals surface area (Å²) in [5.74, 6) is -0.0202. The molecule has 1 aromatic rings. The second-order valence-corrected chi connectivity index (χ2v) is 5.15. The molecule has 2 unspecified atom stereocenters. The van der Waals surface area contributed by atoms with E-state index in [0.717, 1.165) is 6.29 Å². The number of aromatic hydroxyl groups is 1. The summed E-state index contributed by atoms with van der Waals surface area (Å²) in [6.45, 7) is 5.86. The van der Waals surface area contributed by atoms with Gasteiger partial charge in [-0.15, -0.1) is 0 Å². The predicted molar refractivity (Wildman–Crippen MR) is 83.7 cm³/mol. The number of hydrogen-bond donors (Lipinski definition) is 2. The Morgan fingerprint density at radius 3 is 2.18 bits per heavy atom. The van der Waals surface area contributed by atoms with Crippen molar-refractivity contribution in [2.24, 2.45) is 11.7 Å². The first-order valence-corrected chi connectivity index (χ1v) is 7.01. The van der Waals surface area contributed by atoms with Crippen molar-refractivity contribution < 1.29 is 24.2 Å². The zero-order valence-electron chi connectivity index (χ0n) is 13.5. The van der Waals surface area contributed by atoms with Gasteiger partial charge in [0, 0.05) is 7.11 Å². The first-order valence-electron chi connectivity index (χ1n) is 7.01. The molecule has 6 heteroatoms. The lowest BCUT2D eigenvalue weighted by atomic mass is 10.1. The molecule has 0 aromatic heterocycles. The summed E-state index contributed by atoms with van der Waals surface area (Å²) in [4.78, 5) is 21.2. The van der Waals surface area contributed by atoms with E-state index in [2.05, 4.69) is 0 Å². The van der Waals surface area contributed by atoms with Crippen molar-refractivity contribution >= 4 is 12.3 Å². The van der Waals surface area contributed by atoms with Crippen LogP contribution < -0.4 is 5.73 Å². The molecule has 0 saturated heterocycles. The fourth-order valence-corrected chi connectivity index (χ4v) is 1.10. The van der Waals surface area contributed by atoms with Crippen LogP contribution in [0.3, 0.4) is 0 Å². The SMILES string of the molecule is CC(C)C(N)C=O.COC(C)COC(=O)c1ccc(O)cc1. The van der Waals surface area contributed by atoms with Crippen molar-refractivity contribution in [1.82, 2.24) is 0 Å². The van der Waals surface area contributed by atoms with Gasteiger partial charge in [0.1, 0.15) is 18.6 Å². The summed E-state index contributed by atoms with van der Waals surface area (Å²) in [6.07, 6.45) is 0.649. The molecule has 3 N–H and O–H groups in total. The maximum Gasteiger partial charge on any atom is 0.338 e. The third-order valence-electron chi connectivity index (χ3n) is 2.88. The zero-order valence-corrected chi connectivity index (χ0v) is 13.5. The van der Waals surface area contributed by atoms with Gasteiger partial charge in [0.15, 0.2) is 0 Å². The Hall–Kier alpha value is -1.92. The molecule has 0 spiro atoms. The second-order valence-electron chi connectivity index (χ2n) is 5.15. The molecule has 0 heterocycles. The number of aldehydes is 1. The van der Waals surface area contributed by atoms with Crippen LogP contribution in [0.5, 0.6) is 5.75 Å². The Bertz CT molecular complexity index is 444. The van der Waals surface area contributed by atoms with Crippen LogP contribution in [-0.4, -0.2) is 43.2 Å². The van der Waals surface area contributed by atoms with Crippen molar-refractivity contribution in [3.63, 3.8) is 0 Å². The lowest BCUT2D eigenvalue weighted by molar-refractivity contribution is -0.109. The van der Waals surface area contributed by atoms with Crippen LogP contribution in [0, 0.1) is 5.92 Å². The van der Waals surface area contributed by atoms with Crippen LogP contribution >= 0.6 is 0 Å². The lowest BCUT2D eigenvalue weighted by Gasteiger charge is -2.09. The first kappa shape index (κ1) is 20.1. The third kappa shape index (κ3) is 8.39. The van der Waals surface area contributed by atoms with E-state index in [1.165, 1.54) is 24.3 Å². The number of benzene rings is 1. The van der Waals surface area contributed by atoms with E-state index in [0.29, 0.717) is 5.56 Å². The topological polar surface area (TPSA) is 98.9 Å². The molecule has 1 aromatic carbocycles. The van der Waals surface area contributed by atoms with E-state index in [9.17, 15) is 9.59 Å². The van der Waals surface area contributed by atoms with Crippen LogP contribution in [0.15, 0.2) is 24.3 Å². The molecule has 124 valence electrons. The average molecular weight is 311 g/mol. The summed E-state index contributed by atoms with van der Waals surface area (Å²) in [7, 11) is 1.55. The van der Waals surface area contributed by atoms with Crippen molar-refractivity contribution in [2.45, 2.75) is 32.9 Å². The molecule has 22 heavy (non-hydrogen) atoms. The highest BCUT2D eigenvalue weighted by molar-refractivity contribution is 5.89. The number of nitrogens with two attached hydrogens (primary N) is 1. The summed E-state index contributed by atoms with van der Waals surface area (Å²) >= 11 is 0. The van der Waals surface area contributed by atoms with Gasteiger partial charge in [0.05, 0.1) is 17.7 Å². The number of carbonyl (C=O) groups is 2. The molecule has 0 aliphatic heterocycles. The van der Waals surface area contributed by atoms with Crippen LogP contribution in [-0.2, 0) is 14.3 Å². The van der Waals surface area contributed by atoms with Gasteiger partial charge < -0.3 is 25.1 Å². The maximum atomic E-state index is 11.4. The number of rotatable bonds is 6. The van der Waals surface area contributed by atoms with Gasteiger partial charge in [-0.25, -0.2) is 4.79 Å². The standard InChI is InChI=1S/C11H14O4.C5H11NO/c1-8(14-2)7-15-11(13)9-3-5-10(12)6-4-9;1-4(2)5(6)3-7/h3-6,8,12H,7H2,1-2H3;3-5H,6H2,1-2H3. The second kappa shape index (κ2) is 10.8. The van der Waals surface area contributed by atoms with Crippen LogP contribution in [0.25, 0.3) is 0 Å². The van der Waals surface area contributed by atoms with Crippen LogP contribution in [0.2, 0.25) is 0 Å². The molecule has 0 aliphatic rings. The first-order chi connectivity index (χ1) is 10.3. The largest absolute Gasteiger partial charge is 0.508 e. The van der Waals surface area contributed by atoms with Crippen molar-refractivity contribution in [2.75, 3.05) is 13.7 Å². The molecule has 0 aliphatic carbocycles. The molecule has 6 nitrogen and oxygen atoms in total. The average Bonchev–Trinajstić information content (AvgIpc) is 2.52. The normalized spacial score (nSPS) is 12.8. The number of phenols is 1. The Morgan fingerprint density at radius 2 is 1.82 bits per heavy atom. The number of esters is 1.